The zero-order chi connectivity index (χ0) is 14.8. The first-order valence-electron chi connectivity index (χ1n) is 6.72. The van der Waals surface area contributed by atoms with Crippen LogP contribution in [0.15, 0.2) is 51.6 Å². The summed E-state index contributed by atoms with van der Waals surface area (Å²) in [5, 5.41) is 4.59. The van der Waals surface area contributed by atoms with Crippen LogP contribution in [0.25, 0.3) is 11.0 Å². The van der Waals surface area contributed by atoms with Crippen LogP contribution in [0.4, 0.5) is 5.69 Å². The number of nitrogens with one attached hydrogen (secondary N) is 1. The van der Waals surface area contributed by atoms with Gasteiger partial charge in [0.05, 0.1) is 19.1 Å². The van der Waals surface area contributed by atoms with Crippen LogP contribution in [0.1, 0.15) is 11.1 Å². The summed E-state index contributed by atoms with van der Waals surface area (Å²) < 4.78 is 12.0. The van der Waals surface area contributed by atoms with E-state index < -0.39 is 0 Å². The highest BCUT2D eigenvalue weighted by Gasteiger charge is 2.10. The van der Waals surface area contributed by atoms with E-state index in [1.54, 1.807) is 13.4 Å². The molecule has 21 heavy (non-hydrogen) atoms. The van der Waals surface area contributed by atoms with Gasteiger partial charge in [-0.1, -0.05) is 34.1 Å². The summed E-state index contributed by atoms with van der Waals surface area (Å²) in [6, 6.07) is 12.1. The normalized spacial score (nSPS) is 10.8. The second-order valence-corrected chi connectivity index (χ2v) is 5.83. The number of furan rings is 1. The molecule has 0 bridgehead atoms. The predicted molar refractivity (Wildman–Crippen MR) is 89.0 cm³/mol. The standard InChI is InChI=1S/C17H16BrNO2/c1-11-7-13(18)8-16(20-2)17(11)19-9-12-10-21-15-6-4-3-5-14(12)15/h3-8,10,19H,9H2,1-2H3. The fourth-order valence-corrected chi connectivity index (χ4v) is 3.00. The van der Waals surface area contributed by atoms with Crippen molar-refractivity contribution in [1.82, 2.24) is 0 Å². The lowest BCUT2D eigenvalue weighted by molar-refractivity contribution is 0.416. The van der Waals surface area contributed by atoms with Crippen LogP contribution in [0.2, 0.25) is 0 Å². The Hall–Kier alpha value is -1.94. The molecule has 0 spiro atoms. The Labute approximate surface area is 132 Å². The first kappa shape index (κ1) is 14.0. The van der Waals surface area contributed by atoms with Gasteiger partial charge in [-0.2, -0.15) is 0 Å². The molecule has 0 unspecified atom stereocenters. The lowest BCUT2D eigenvalue weighted by Gasteiger charge is -2.14. The molecule has 2 aromatic carbocycles. The van der Waals surface area contributed by atoms with E-state index in [1.165, 1.54) is 0 Å². The average molecular weight is 346 g/mol. The van der Waals surface area contributed by atoms with Crippen molar-refractivity contribution in [3.05, 3.63) is 58.3 Å². The molecule has 0 atom stereocenters. The lowest BCUT2D eigenvalue weighted by atomic mass is 10.1. The molecule has 1 N–H and O–H groups in total. The van der Waals surface area contributed by atoms with Crippen molar-refractivity contribution in [1.29, 1.82) is 0 Å². The maximum Gasteiger partial charge on any atom is 0.143 e. The summed E-state index contributed by atoms with van der Waals surface area (Å²) in [4.78, 5) is 0. The number of hydrogen-bond acceptors (Lipinski definition) is 3. The SMILES string of the molecule is COc1cc(Br)cc(C)c1NCc1coc2ccccc12. The van der Waals surface area contributed by atoms with Gasteiger partial charge in [-0.25, -0.2) is 0 Å². The van der Waals surface area contributed by atoms with E-state index in [2.05, 4.69) is 40.3 Å². The van der Waals surface area contributed by atoms with Gasteiger partial charge in [-0.05, 0) is 30.7 Å². The quantitative estimate of drug-likeness (QED) is 0.712. The molecular weight excluding hydrogens is 330 g/mol. The Bertz CT molecular complexity index is 780. The van der Waals surface area contributed by atoms with Gasteiger partial charge in [0.15, 0.2) is 0 Å². The molecule has 108 valence electrons. The van der Waals surface area contributed by atoms with Crippen molar-refractivity contribution in [2.45, 2.75) is 13.5 Å². The fourth-order valence-electron chi connectivity index (χ4n) is 2.45. The number of fused-ring (bicyclic) bond motifs is 1. The van der Waals surface area contributed by atoms with Gasteiger partial charge in [0.25, 0.3) is 0 Å². The van der Waals surface area contributed by atoms with E-state index in [0.29, 0.717) is 6.54 Å². The van der Waals surface area contributed by atoms with E-state index >= 15 is 0 Å². The molecule has 0 saturated carbocycles. The largest absolute Gasteiger partial charge is 0.495 e. The van der Waals surface area contributed by atoms with E-state index in [4.69, 9.17) is 9.15 Å². The van der Waals surface area contributed by atoms with Gasteiger partial charge in [0.2, 0.25) is 0 Å². The zero-order valence-corrected chi connectivity index (χ0v) is 13.5. The maximum atomic E-state index is 5.56. The van der Waals surface area contributed by atoms with Gasteiger partial charge < -0.3 is 14.5 Å². The summed E-state index contributed by atoms with van der Waals surface area (Å²) in [5.74, 6) is 0.828. The number of benzene rings is 2. The van der Waals surface area contributed by atoms with E-state index in [-0.39, 0.29) is 0 Å². The molecule has 3 rings (SSSR count). The molecule has 1 heterocycles. The minimum Gasteiger partial charge on any atom is -0.495 e. The van der Waals surface area contributed by atoms with Gasteiger partial charge in [-0.15, -0.1) is 0 Å². The number of anilines is 1. The molecule has 0 aliphatic rings. The highest BCUT2D eigenvalue weighted by atomic mass is 79.9. The highest BCUT2D eigenvalue weighted by Crippen LogP contribution is 2.33. The number of aryl methyl sites for hydroxylation is 1. The Balaban J connectivity index is 1.88. The van der Waals surface area contributed by atoms with Crippen molar-refractivity contribution in [2.24, 2.45) is 0 Å². The fraction of sp³-hybridized carbons (Fsp3) is 0.176. The van der Waals surface area contributed by atoms with Gasteiger partial charge in [-0.3, -0.25) is 0 Å². The van der Waals surface area contributed by atoms with E-state index in [9.17, 15) is 0 Å². The maximum absolute atomic E-state index is 5.56. The molecule has 0 radical (unpaired) electrons. The van der Waals surface area contributed by atoms with Crippen LogP contribution in [0.3, 0.4) is 0 Å². The Morgan fingerprint density at radius 1 is 1.24 bits per heavy atom. The van der Waals surface area contributed by atoms with Crippen LogP contribution in [0, 0.1) is 6.92 Å². The molecule has 3 nitrogen and oxygen atoms in total. The minimum atomic E-state index is 0.690. The van der Waals surface area contributed by atoms with Crippen molar-refractivity contribution in [2.75, 3.05) is 12.4 Å². The third kappa shape index (κ3) is 2.76. The molecule has 0 saturated heterocycles. The van der Waals surface area contributed by atoms with E-state index in [1.807, 2.05) is 24.3 Å². The second-order valence-electron chi connectivity index (χ2n) is 4.91. The third-order valence-electron chi connectivity index (χ3n) is 3.50. The third-order valence-corrected chi connectivity index (χ3v) is 3.96. The molecular formula is C17H16BrNO2. The summed E-state index contributed by atoms with van der Waals surface area (Å²) in [6.45, 7) is 2.75. The number of methoxy groups -OCH3 is 1. The minimum absolute atomic E-state index is 0.690. The van der Waals surface area contributed by atoms with Crippen molar-refractivity contribution < 1.29 is 9.15 Å². The smallest absolute Gasteiger partial charge is 0.143 e. The number of hydrogen-bond donors (Lipinski definition) is 1. The molecule has 0 fully saturated rings. The number of halogens is 1. The lowest BCUT2D eigenvalue weighted by Crippen LogP contribution is -2.03. The van der Waals surface area contributed by atoms with Crippen LogP contribution < -0.4 is 10.1 Å². The molecule has 4 heteroatoms. The van der Waals surface area contributed by atoms with Crippen molar-refractivity contribution >= 4 is 32.6 Å². The van der Waals surface area contributed by atoms with Crippen LogP contribution in [-0.2, 0) is 6.54 Å². The summed E-state index contributed by atoms with van der Waals surface area (Å²) in [7, 11) is 1.68. The Morgan fingerprint density at radius 3 is 2.86 bits per heavy atom. The Kier molecular flexibility index (Phi) is 3.88. The van der Waals surface area contributed by atoms with E-state index in [0.717, 1.165) is 38.0 Å². The zero-order valence-electron chi connectivity index (χ0n) is 11.9. The topological polar surface area (TPSA) is 34.4 Å². The van der Waals surface area contributed by atoms with Crippen LogP contribution >= 0.6 is 15.9 Å². The van der Waals surface area contributed by atoms with Gasteiger partial charge >= 0.3 is 0 Å². The van der Waals surface area contributed by atoms with Crippen LogP contribution in [-0.4, -0.2) is 7.11 Å². The summed E-state index contributed by atoms with van der Waals surface area (Å²) >= 11 is 3.49. The molecule has 0 aliphatic carbocycles. The van der Waals surface area contributed by atoms with Gasteiger partial charge in [0, 0.05) is 22.0 Å². The first-order valence-corrected chi connectivity index (χ1v) is 7.51. The van der Waals surface area contributed by atoms with Crippen molar-refractivity contribution in [3.63, 3.8) is 0 Å². The molecule has 3 aromatic rings. The average Bonchev–Trinajstić information content (AvgIpc) is 2.89. The van der Waals surface area contributed by atoms with Crippen LogP contribution in [0.5, 0.6) is 5.75 Å². The monoisotopic (exact) mass is 345 g/mol. The highest BCUT2D eigenvalue weighted by molar-refractivity contribution is 9.10. The van der Waals surface area contributed by atoms with Crippen molar-refractivity contribution in [3.8, 4) is 5.75 Å². The number of para-hydroxylation sites is 1. The molecule has 0 amide bonds. The summed E-state index contributed by atoms with van der Waals surface area (Å²) in [5.41, 5.74) is 4.18. The number of rotatable bonds is 4. The number of ether oxygens (including phenoxy) is 1. The van der Waals surface area contributed by atoms with Gasteiger partial charge in [0.1, 0.15) is 11.3 Å². The Morgan fingerprint density at radius 2 is 2.05 bits per heavy atom. The molecule has 0 aliphatic heterocycles. The predicted octanol–water partition coefficient (Wildman–Crippen LogP) is 5.12. The summed E-state index contributed by atoms with van der Waals surface area (Å²) in [6.07, 6.45) is 1.80. The first-order chi connectivity index (χ1) is 10.2. The second kappa shape index (κ2) is 5.82. The molecule has 1 aromatic heterocycles.